The first kappa shape index (κ1) is 23.7. The molecule has 0 spiro atoms. The molecule has 2 fully saturated rings. The predicted molar refractivity (Wildman–Crippen MR) is 118 cm³/mol. The summed E-state index contributed by atoms with van der Waals surface area (Å²) in [5, 5.41) is 6.44. The quantitative estimate of drug-likeness (QED) is 0.525. The van der Waals surface area contributed by atoms with Crippen LogP contribution in [0.15, 0.2) is 23.2 Å². The van der Waals surface area contributed by atoms with Crippen molar-refractivity contribution in [3.63, 3.8) is 0 Å². The second-order valence-corrected chi connectivity index (χ2v) is 8.12. The molecule has 3 rings (SSSR count). The highest BCUT2D eigenvalue weighted by Gasteiger charge is 2.34. The summed E-state index contributed by atoms with van der Waals surface area (Å²) in [5.41, 5.74) is 0.193. The van der Waals surface area contributed by atoms with Crippen LogP contribution in [0.1, 0.15) is 37.3 Å². The predicted octanol–water partition coefficient (Wildman–Crippen LogP) is 3.08. The van der Waals surface area contributed by atoms with Crippen molar-refractivity contribution in [1.82, 2.24) is 15.5 Å². The molecule has 0 saturated carbocycles. The minimum atomic E-state index is -4.41. The van der Waals surface area contributed by atoms with Gasteiger partial charge in [-0.1, -0.05) is 13.0 Å². The number of nitrogens with one attached hydrogen (secondary N) is 2. The van der Waals surface area contributed by atoms with E-state index in [2.05, 4.69) is 27.4 Å². The third-order valence-corrected chi connectivity index (χ3v) is 5.91. The van der Waals surface area contributed by atoms with Gasteiger partial charge in [0, 0.05) is 51.5 Å². The summed E-state index contributed by atoms with van der Waals surface area (Å²) in [6.07, 6.45) is -1.26. The van der Waals surface area contributed by atoms with Gasteiger partial charge in [-0.15, -0.1) is 0 Å². The molecule has 9 heteroatoms. The van der Waals surface area contributed by atoms with E-state index < -0.39 is 11.7 Å². The van der Waals surface area contributed by atoms with Crippen LogP contribution in [0.3, 0.4) is 0 Å². The molecule has 0 amide bonds. The molecule has 2 N–H and O–H groups in total. The summed E-state index contributed by atoms with van der Waals surface area (Å²) in [7, 11) is 1.65. The molecule has 0 bridgehead atoms. The molecule has 0 aromatic heterocycles. The van der Waals surface area contributed by atoms with Crippen molar-refractivity contribution in [2.24, 2.45) is 4.99 Å². The first-order chi connectivity index (χ1) is 14.9. The molecular weight excluding hydrogens is 407 g/mol. The molecule has 2 heterocycles. The van der Waals surface area contributed by atoms with E-state index in [0.29, 0.717) is 38.0 Å². The number of anilines is 1. The topological polar surface area (TPSA) is 52.1 Å². The van der Waals surface area contributed by atoms with Crippen LogP contribution >= 0.6 is 0 Å². The molecule has 31 heavy (non-hydrogen) atoms. The first-order valence-electron chi connectivity index (χ1n) is 11.1. The summed E-state index contributed by atoms with van der Waals surface area (Å²) in [4.78, 5) is 8.59. The molecule has 174 valence electrons. The molecule has 0 aliphatic carbocycles. The standard InChI is InChI=1S/C22H34F3N5O/c1-3-8-29-9-6-18(7-10-29)28-21(26-2)27-16-17-4-5-19(15-20(17)22(23,24)25)30-11-13-31-14-12-30/h4-5,15,18H,3,6-14,16H2,1-2H3,(H2,26,27,28). The zero-order chi connectivity index (χ0) is 22.3. The number of nitrogens with zero attached hydrogens (tertiary/aromatic N) is 3. The maximum atomic E-state index is 13.8. The van der Waals surface area contributed by atoms with E-state index in [1.54, 1.807) is 19.2 Å². The molecule has 2 aliphatic heterocycles. The lowest BCUT2D eigenvalue weighted by Crippen LogP contribution is -2.48. The van der Waals surface area contributed by atoms with Crippen LogP contribution in [0.4, 0.5) is 18.9 Å². The van der Waals surface area contributed by atoms with E-state index in [0.717, 1.165) is 38.9 Å². The van der Waals surface area contributed by atoms with Gasteiger partial charge in [0.25, 0.3) is 0 Å². The van der Waals surface area contributed by atoms with Crippen LogP contribution in [0.2, 0.25) is 0 Å². The minimum Gasteiger partial charge on any atom is -0.378 e. The number of likely N-dealkylation sites (tertiary alicyclic amines) is 1. The lowest BCUT2D eigenvalue weighted by molar-refractivity contribution is -0.138. The number of benzene rings is 1. The zero-order valence-corrected chi connectivity index (χ0v) is 18.5. The maximum absolute atomic E-state index is 13.8. The van der Waals surface area contributed by atoms with E-state index in [-0.39, 0.29) is 18.2 Å². The SMILES string of the molecule is CCCN1CCC(NC(=NC)NCc2ccc(N3CCOCC3)cc2C(F)(F)F)CC1. The third-order valence-electron chi connectivity index (χ3n) is 5.91. The zero-order valence-electron chi connectivity index (χ0n) is 18.5. The van der Waals surface area contributed by atoms with Crippen molar-refractivity contribution in [2.45, 2.75) is 44.9 Å². The first-order valence-corrected chi connectivity index (χ1v) is 11.1. The average molecular weight is 442 g/mol. The van der Waals surface area contributed by atoms with E-state index in [9.17, 15) is 13.2 Å². The smallest absolute Gasteiger partial charge is 0.378 e. The number of aliphatic imine (C=N–C) groups is 1. The molecule has 0 unspecified atom stereocenters. The number of piperidine rings is 1. The summed E-state index contributed by atoms with van der Waals surface area (Å²) < 4.78 is 46.6. The van der Waals surface area contributed by atoms with E-state index in [1.807, 2.05) is 4.90 Å². The molecular formula is C22H34F3N5O. The van der Waals surface area contributed by atoms with E-state index in [4.69, 9.17) is 4.74 Å². The number of rotatable bonds is 6. The van der Waals surface area contributed by atoms with Crippen LogP contribution in [0.25, 0.3) is 0 Å². The minimum absolute atomic E-state index is 0.0621. The maximum Gasteiger partial charge on any atom is 0.416 e. The van der Waals surface area contributed by atoms with Crippen molar-refractivity contribution in [1.29, 1.82) is 0 Å². The largest absolute Gasteiger partial charge is 0.416 e. The van der Waals surface area contributed by atoms with Gasteiger partial charge in [-0.25, -0.2) is 0 Å². The van der Waals surface area contributed by atoms with Crippen molar-refractivity contribution in [3.8, 4) is 0 Å². The number of morpholine rings is 1. The van der Waals surface area contributed by atoms with Gasteiger partial charge in [0.2, 0.25) is 0 Å². The third kappa shape index (κ3) is 6.74. The van der Waals surface area contributed by atoms with Gasteiger partial charge >= 0.3 is 6.18 Å². The van der Waals surface area contributed by atoms with E-state index >= 15 is 0 Å². The second kappa shape index (κ2) is 11.0. The van der Waals surface area contributed by atoms with Gasteiger partial charge in [-0.3, -0.25) is 4.99 Å². The Bertz CT molecular complexity index is 726. The summed E-state index contributed by atoms with van der Waals surface area (Å²) >= 11 is 0. The Balaban J connectivity index is 1.61. The van der Waals surface area contributed by atoms with Crippen molar-refractivity contribution >= 4 is 11.6 Å². The Morgan fingerprint density at radius 3 is 2.48 bits per heavy atom. The Kier molecular flexibility index (Phi) is 8.43. The fraction of sp³-hybridized carbons (Fsp3) is 0.682. The number of guanidine groups is 1. The number of hydrogen-bond acceptors (Lipinski definition) is 4. The van der Waals surface area contributed by atoms with Crippen molar-refractivity contribution in [2.75, 3.05) is 57.9 Å². The van der Waals surface area contributed by atoms with Crippen molar-refractivity contribution in [3.05, 3.63) is 29.3 Å². The number of hydrogen-bond donors (Lipinski definition) is 2. The number of ether oxygens (including phenoxy) is 1. The molecule has 2 aliphatic rings. The Labute approximate surface area is 182 Å². The van der Waals surface area contributed by atoms with E-state index in [1.165, 1.54) is 6.07 Å². The Morgan fingerprint density at radius 1 is 1.16 bits per heavy atom. The van der Waals surface area contributed by atoms with Crippen LogP contribution in [-0.4, -0.2) is 69.9 Å². The van der Waals surface area contributed by atoms with Crippen LogP contribution in [-0.2, 0) is 17.5 Å². The lowest BCUT2D eigenvalue weighted by atomic mass is 10.0. The van der Waals surface area contributed by atoms with Crippen molar-refractivity contribution < 1.29 is 17.9 Å². The van der Waals surface area contributed by atoms with Crippen LogP contribution in [0.5, 0.6) is 0 Å². The highest BCUT2D eigenvalue weighted by atomic mass is 19.4. The second-order valence-electron chi connectivity index (χ2n) is 8.12. The fourth-order valence-electron chi connectivity index (χ4n) is 4.18. The summed E-state index contributed by atoms with van der Waals surface area (Å²) in [6.45, 7) is 7.68. The number of halogens is 3. The highest BCUT2D eigenvalue weighted by Crippen LogP contribution is 2.35. The molecule has 2 saturated heterocycles. The van der Waals surface area contributed by atoms with Gasteiger partial charge in [-0.05, 0) is 43.5 Å². The fourth-order valence-corrected chi connectivity index (χ4v) is 4.18. The molecule has 0 atom stereocenters. The van der Waals surface area contributed by atoms with Gasteiger partial charge in [0.1, 0.15) is 0 Å². The lowest BCUT2D eigenvalue weighted by Gasteiger charge is -2.33. The van der Waals surface area contributed by atoms with Gasteiger partial charge in [-0.2, -0.15) is 13.2 Å². The van der Waals surface area contributed by atoms with Crippen LogP contribution < -0.4 is 15.5 Å². The average Bonchev–Trinajstić information content (AvgIpc) is 2.78. The molecule has 6 nitrogen and oxygen atoms in total. The normalized spacial score (nSPS) is 19.5. The highest BCUT2D eigenvalue weighted by molar-refractivity contribution is 5.80. The molecule has 1 aromatic rings. The Hall–Kier alpha value is -2.00. The Morgan fingerprint density at radius 2 is 1.87 bits per heavy atom. The number of alkyl halides is 3. The summed E-state index contributed by atoms with van der Waals surface area (Å²) in [6, 6.07) is 4.86. The van der Waals surface area contributed by atoms with Gasteiger partial charge in [0.15, 0.2) is 5.96 Å². The van der Waals surface area contributed by atoms with Gasteiger partial charge in [0.05, 0.1) is 18.8 Å². The van der Waals surface area contributed by atoms with Gasteiger partial charge < -0.3 is 25.2 Å². The molecule has 1 aromatic carbocycles. The van der Waals surface area contributed by atoms with Crippen LogP contribution in [0, 0.1) is 0 Å². The monoisotopic (exact) mass is 441 g/mol. The molecule has 0 radical (unpaired) electrons. The summed E-state index contributed by atoms with van der Waals surface area (Å²) in [5.74, 6) is 0.541.